The van der Waals surface area contributed by atoms with E-state index in [9.17, 15) is 14.9 Å². The molecule has 1 heterocycles. The van der Waals surface area contributed by atoms with Gasteiger partial charge in [0.25, 0.3) is 5.69 Å². The van der Waals surface area contributed by atoms with Gasteiger partial charge in [-0.05, 0) is 46.6 Å². The molecule has 0 saturated carbocycles. The molecule has 0 saturated heterocycles. The molecule has 1 aromatic carbocycles. The number of aromatic nitrogens is 2. The van der Waals surface area contributed by atoms with Crippen LogP contribution >= 0.6 is 15.9 Å². The molecule has 2 aromatic rings. The summed E-state index contributed by atoms with van der Waals surface area (Å²) in [5, 5.41) is 14.6. The van der Waals surface area contributed by atoms with Crippen molar-refractivity contribution in [2.75, 3.05) is 0 Å². The molecule has 0 unspecified atom stereocenters. The van der Waals surface area contributed by atoms with Crippen molar-refractivity contribution in [1.29, 1.82) is 0 Å². The lowest BCUT2D eigenvalue weighted by Crippen LogP contribution is -2.07. The Morgan fingerprint density at radius 3 is 2.67 bits per heavy atom. The first-order valence-corrected chi connectivity index (χ1v) is 7.00. The summed E-state index contributed by atoms with van der Waals surface area (Å²) in [6, 6.07) is 5.98. The van der Waals surface area contributed by atoms with Crippen molar-refractivity contribution in [2.45, 2.75) is 13.5 Å². The van der Waals surface area contributed by atoms with Crippen LogP contribution in [0.15, 0.2) is 41.0 Å². The van der Waals surface area contributed by atoms with Gasteiger partial charge in [-0.2, -0.15) is 5.10 Å². The summed E-state index contributed by atoms with van der Waals surface area (Å²) >= 11 is 3.30. The Hall–Kier alpha value is -2.28. The zero-order valence-corrected chi connectivity index (χ0v) is 12.8. The Kier molecular flexibility index (Phi) is 4.64. The second kappa shape index (κ2) is 6.45. The van der Waals surface area contributed by atoms with Gasteiger partial charge in [0, 0.05) is 18.7 Å². The van der Waals surface area contributed by atoms with Crippen LogP contribution in [0.1, 0.15) is 23.0 Å². The Morgan fingerprint density at radius 2 is 2.10 bits per heavy atom. The number of carbonyl (C=O) groups is 1. The Labute approximate surface area is 129 Å². The Morgan fingerprint density at radius 1 is 1.43 bits per heavy atom. The number of hydrogen-bond donors (Lipinski definition) is 0. The molecule has 0 fully saturated rings. The van der Waals surface area contributed by atoms with Gasteiger partial charge < -0.3 is 0 Å². The molecule has 0 radical (unpaired) electrons. The number of aryl methyl sites for hydroxylation is 1. The van der Waals surface area contributed by atoms with Crippen LogP contribution in [0.2, 0.25) is 0 Å². The molecule has 7 heteroatoms. The van der Waals surface area contributed by atoms with Crippen LogP contribution in [0.5, 0.6) is 0 Å². The van der Waals surface area contributed by atoms with Crippen molar-refractivity contribution in [3.8, 4) is 0 Å². The van der Waals surface area contributed by atoms with Crippen molar-refractivity contribution in [2.24, 2.45) is 0 Å². The van der Waals surface area contributed by atoms with Gasteiger partial charge in [0.15, 0.2) is 0 Å². The predicted octanol–water partition coefficient (Wildman–Crippen LogP) is 3.47. The van der Waals surface area contributed by atoms with Crippen molar-refractivity contribution in [1.82, 2.24) is 9.78 Å². The predicted molar refractivity (Wildman–Crippen MR) is 82.1 cm³/mol. The van der Waals surface area contributed by atoms with Gasteiger partial charge >= 0.3 is 0 Å². The minimum absolute atomic E-state index is 0.0188. The molecule has 21 heavy (non-hydrogen) atoms. The second-order valence-electron chi connectivity index (χ2n) is 4.20. The zero-order chi connectivity index (χ0) is 15.4. The lowest BCUT2D eigenvalue weighted by Gasteiger charge is -2.01. The van der Waals surface area contributed by atoms with Crippen molar-refractivity contribution in [3.63, 3.8) is 0 Å². The first-order chi connectivity index (χ1) is 10.0. The molecule has 108 valence electrons. The number of benzene rings is 1. The van der Waals surface area contributed by atoms with E-state index in [0.29, 0.717) is 22.3 Å². The van der Waals surface area contributed by atoms with E-state index in [1.807, 2.05) is 6.92 Å². The number of rotatable bonds is 5. The number of allylic oxidation sites excluding steroid dienone is 1. The highest BCUT2D eigenvalue weighted by molar-refractivity contribution is 9.10. The molecule has 2 rings (SSSR count). The third-order valence-corrected chi connectivity index (χ3v) is 3.44. The van der Waals surface area contributed by atoms with E-state index < -0.39 is 4.92 Å². The third kappa shape index (κ3) is 3.43. The number of halogens is 1. The molecule has 0 spiro atoms. The van der Waals surface area contributed by atoms with Crippen LogP contribution in [0.3, 0.4) is 0 Å². The summed E-state index contributed by atoms with van der Waals surface area (Å²) in [7, 11) is 0. The van der Waals surface area contributed by atoms with Crippen LogP contribution in [-0.4, -0.2) is 20.5 Å². The second-order valence-corrected chi connectivity index (χ2v) is 5.06. The fourth-order valence-corrected chi connectivity index (χ4v) is 2.30. The van der Waals surface area contributed by atoms with Gasteiger partial charge in [0.2, 0.25) is 5.78 Å². The maximum atomic E-state index is 12.2. The normalized spacial score (nSPS) is 11.0. The van der Waals surface area contributed by atoms with Gasteiger partial charge in [-0.3, -0.25) is 19.6 Å². The van der Waals surface area contributed by atoms with E-state index in [4.69, 9.17) is 0 Å². The summed E-state index contributed by atoms with van der Waals surface area (Å²) in [4.78, 5) is 22.3. The maximum Gasteiger partial charge on any atom is 0.269 e. The van der Waals surface area contributed by atoms with Crippen molar-refractivity contribution in [3.05, 3.63) is 62.4 Å². The highest BCUT2D eigenvalue weighted by Gasteiger charge is 2.13. The first-order valence-electron chi connectivity index (χ1n) is 6.21. The molecular formula is C14H12BrN3O3. The van der Waals surface area contributed by atoms with E-state index in [1.165, 1.54) is 18.2 Å². The smallest absolute Gasteiger partial charge is 0.269 e. The molecule has 0 amide bonds. The lowest BCUT2D eigenvalue weighted by molar-refractivity contribution is -0.384. The topological polar surface area (TPSA) is 78.0 Å². The Balaban J connectivity index is 2.18. The summed E-state index contributed by atoms with van der Waals surface area (Å²) < 4.78 is 2.25. The number of nitrogens with zero attached hydrogens (tertiary/aromatic N) is 3. The van der Waals surface area contributed by atoms with Crippen LogP contribution in [0, 0.1) is 10.1 Å². The fourth-order valence-electron chi connectivity index (χ4n) is 1.81. The SMILES string of the molecule is CCn1ncc(Br)c1C(=O)/C=C/c1ccc([N+](=O)[O-])cc1. The molecule has 1 aromatic heterocycles. The summed E-state index contributed by atoms with van der Waals surface area (Å²) in [6.45, 7) is 2.49. The zero-order valence-electron chi connectivity index (χ0n) is 11.2. The van der Waals surface area contributed by atoms with Gasteiger partial charge in [0.05, 0.1) is 15.6 Å². The summed E-state index contributed by atoms with van der Waals surface area (Å²) in [5.74, 6) is -0.181. The Bertz CT molecular complexity index is 705. The van der Waals surface area contributed by atoms with E-state index in [-0.39, 0.29) is 11.5 Å². The lowest BCUT2D eigenvalue weighted by atomic mass is 10.1. The van der Waals surface area contributed by atoms with Crippen molar-refractivity contribution < 1.29 is 9.72 Å². The molecule has 0 aliphatic heterocycles. The quantitative estimate of drug-likeness (QED) is 0.358. The van der Waals surface area contributed by atoms with Crippen molar-refractivity contribution >= 4 is 33.5 Å². The van der Waals surface area contributed by atoms with Crippen LogP contribution in [-0.2, 0) is 6.54 Å². The number of non-ortho nitro benzene ring substituents is 1. The van der Waals surface area contributed by atoms with E-state index in [2.05, 4.69) is 21.0 Å². The minimum atomic E-state index is -0.463. The average molecular weight is 350 g/mol. The van der Waals surface area contributed by atoms with Gasteiger partial charge in [0.1, 0.15) is 5.69 Å². The molecule has 0 aliphatic rings. The largest absolute Gasteiger partial charge is 0.288 e. The number of carbonyl (C=O) groups excluding carboxylic acids is 1. The third-order valence-electron chi connectivity index (χ3n) is 2.86. The molecule has 0 atom stereocenters. The molecule has 0 N–H and O–H groups in total. The van der Waals surface area contributed by atoms with Gasteiger partial charge in [-0.15, -0.1) is 0 Å². The van der Waals surface area contributed by atoms with Gasteiger partial charge in [-0.1, -0.05) is 6.08 Å². The van der Waals surface area contributed by atoms with Crippen LogP contribution < -0.4 is 0 Å². The molecule has 0 bridgehead atoms. The summed E-state index contributed by atoms with van der Waals surface area (Å²) in [5.41, 5.74) is 1.22. The number of hydrogen-bond acceptors (Lipinski definition) is 4. The minimum Gasteiger partial charge on any atom is -0.288 e. The first kappa shape index (κ1) is 15.1. The van der Waals surface area contributed by atoms with Crippen LogP contribution in [0.4, 0.5) is 5.69 Å². The highest BCUT2D eigenvalue weighted by atomic mass is 79.9. The fraction of sp³-hybridized carbons (Fsp3) is 0.143. The monoisotopic (exact) mass is 349 g/mol. The molecule has 0 aliphatic carbocycles. The van der Waals surface area contributed by atoms with Gasteiger partial charge in [-0.25, -0.2) is 0 Å². The highest BCUT2D eigenvalue weighted by Crippen LogP contribution is 2.18. The average Bonchev–Trinajstić information content (AvgIpc) is 2.86. The maximum absolute atomic E-state index is 12.2. The summed E-state index contributed by atoms with van der Waals surface area (Å²) in [6.07, 6.45) is 4.62. The van der Waals surface area contributed by atoms with E-state index in [1.54, 1.807) is 29.1 Å². The number of ketones is 1. The van der Waals surface area contributed by atoms with E-state index >= 15 is 0 Å². The molecular weight excluding hydrogens is 338 g/mol. The van der Waals surface area contributed by atoms with E-state index in [0.717, 1.165) is 0 Å². The number of nitro benzene ring substituents is 1. The standard InChI is InChI=1S/C14H12BrN3O3/c1-2-17-14(12(15)9-16-17)13(19)8-5-10-3-6-11(7-4-10)18(20)21/h3-9H,2H2,1H3/b8-5+. The van der Waals surface area contributed by atoms with Crippen LogP contribution in [0.25, 0.3) is 6.08 Å². The number of nitro groups is 1. The molecule has 6 nitrogen and oxygen atoms in total.